The summed E-state index contributed by atoms with van der Waals surface area (Å²) in [7, 11) is 0. The molecule has 0 heterocycles. The standard InChI is InChI=1S/AsH3O3.3H2O.Sb/c2-1(3)4;;;;/h2-4H;3*1H2;. The summed E-state index contributed by atoms with van der Waals surface area (Å²) >= 11 is -3.19. The smallest absolute Gasteiger partial charge is 0 e. The zero-order valence-electron chi connectivity index (χ0n) is 3.74. The summed E-state index contributed by atoms with van der Waals surface area (Å²) < 4.78 is 21.9. The van der Waals surface area contributed by atoms with Gasteiger partial charge >= 0.3 is 28.0 Å². The molecule has 0 bridgehead atoms. The van der Waals surface area contributed by atoms with Gasteiger partial charge < -0.3 is 16.4 Å². The molecule has 0 saturated carbocycles. The maximum atomic E-state index is 7.31. The number of rotatable bonds is 0. The van der Waals surface area contributed by atoms with Crippen molar-refractivity contribution in [3.63, 3.8) is 0 Å². The SMILES string of the molecule is O.O.O.O[As](O)O.[Sb]. The van der Waals surface area contributed by atoms with Gasteiger partial charge in [-0.3, -0.25) is 0 Å². The molecule has 0 aliphatic heterocycles. The van der Waals surface area contributed by atoms with Crippen LogP contribution in [0.2, 0.25) is 0 Å². The van der Waals surface area contributed by atoms with Crippen LogP contribution in [0.5, 0.6) is 0 Å². The fourth-order valence-electron chi connectivity index (χ4n) is 0. The van der Waals surface area contributed by atoms with Gasteiger partial charge in [-0.25, -0.2) is 0 Å². The van der Waals surface area contributed by atoms with Crippen LogP contribution in [0.3, 0.4) is 0 Å². The van der Waals surface area contributed by atoms with Gasteiger partial charge in [0.25, 0.3) is 0 Å². The molecule has 0 aliphatic rings. The molecule has 9 N–H and O–H groups in total. The van der Waals surface area contributed by atoms with Gasteiger partial charge in [-0.2, -0.15) is 0 Å². The predicted molar refractivity (Wildman–Crippen MR) is 29.0 cm³/mol. The fourth-order valence-corrected chi connectivity index (χ4v) is 0. The van der Waals surface area contributed by atoms with E-state index in [0.717, 1.165) is 0 Å². The normalized spacial score (nSPS) is 4.50. The van der Waals surface area contributed by atoms with Crippen LogP contribution in [-0.4, -0.2) is 68.8 Å². The van der Waals surface area contributed by atoms with E-state index < -0.39 is 15.7 Å². The Labute approximate surface area is 68.8 Å². The van der Waals surface area contributed by atoms with Crippen molar-refractivity contribution in [2.24, 2.45) is 0 Å². The molecule has 0 aliphatic carbocycles. The van der Waals surface area contributed by atoms with Crippen molar-refractivity contribution in [3.05, 3.63) is 0 Å². The van der Waals surface area contributed by atoms with E-state index in [0.29, 0.717) is 0 Å². The molecule has 0 fully saturated rings. The van der Waals surface area contributed by atoms with Crippen molar-refractivity contribution in [3.8, 4) is 0 Å². The van der Waals surface area contributed by atoms with E-state index in [4.69, 9.17) is 12.3 Å². The number of hydrogen-bond donors (Lipinski definition) is 3. The third-order valence-corrected chi connectivity index (χ3v) is 0. The first-order chi connectivity index (χ1) is 1.73. The Morgan fingerprint density at radius 1 is 0.750 bits per heavy atom. The van der Waals surface area contributed by atoms with Crippen LogP contribution in [-0.2, 0) is 0 Å². The van der Waals surface area contributed by atoms with Gasteiger partial charge in [-0.05, 0) is 0 Å². The summed E-state index contributed by atoms with van der Waals surface area (Å²) in [6, 6.07) is 0. The molecule has 0 aromatic rings. The van der Waals surface area contributed by atoms with Gasteiger partial charge in [0.15, 0.2) is 0 Å². The van der Waals surface area contributed by atoms with Crippen LogP contribution >= 0.6 is 0 Å². The van der Waals surface area contributed by atoms with E-state index in [2.05, 4.69) is 0 Å². The van der Waals surface area contributed by atoms with E-state index in [-0.39, 0.29) is 40.9 Å². The molecule has 0 spiro atoms. The Kier molecular flexibility index (Phi) is 107. The van der Waals surface area contributed by atoms with Crippen LogP contribution in [0, 0.1) is 0 Å². The van der Waals surface area contributed by atoms with E-state index in [9.17, 15) is 0 Å². The molecule has 8 heavy (non-hydrogen) atoms. The van der Waals surface area contributed by atoms with Crippen LogP contribution in [0.25, 0.3) is 0 Å². The molecular weight excluding hydrogens is 293 g/mol. The van der Waals surface area contributed by atoms with Gasteiger partial charge in [0, 0.05) is 24.4 Å². The van der Waals surface area contributed by atoms with Gasteiger partial charge in [-0.1, -0.05) is 0 Å². The van der Waals surface area contributed by atoms with Gasteiger partial charge in [-0.15, -0.1) is 0 Å². The third-order valence-electron chi connectivity index (χ3n) is 0. The Morgan fingerprint density at radius 2 is 0.750 bits per heavy atom. The van der Waals surface area contributed by atoms with Crippen molar-refractivity contribution in [1.29, 1.82) is 0 Å². The molecule has 3 radical (unpaired) electrons. The second-order valence-corrected chi connectivity index (χ2v) is 1.39. The van der Waals surface area contributed by atoms with Crippen LogP contribution < -0.4 is 0 Å². The minimum Gasteiger partial charge on any atom is 0 e. The second-order valence-electron chi connectivity index (χ2n) is 0.268. The maximum absolute atomic E-state index is 7.31. The van der Waals surface area contributed by atoms with E-state index in [1.54, 1.807) is 0 Å². The monoisotopic (exact) mass is 301 g/mol. The van der Waals surface area contributed by atoms with Crippen molar-refractivity contribution in [2.45, 2.75) is 0 Å². The zero-order valence-corrected chi connectivity index (χ0v) is 8.17. The Balaban J connectivity index is -0.00000000750. The van der Waals surface area contributed by atoms with Crippen LogP contribution in [0.4, 0.5) is 0 Å². The van der Waals surface area contributed by atoms with Crippen molar-refractivity contribution >= 4 is 40.1 Å². The second kappa shape index (κ2) is 24.2. The minimum atomic E-state index is -3.19. The van der Waals surface area contributed by atoms with Crippen LogP contribution in [0.15, 0.2) is 0 Å². The van der Waals surface area contributed by atoms with E-state index in [1.807, 2.05) is 0 Å². The molecule has 55 valence electrons. The summed E-state index contributed by atoms with van der Waals surface area (Å²) in [5.41, 5.74) is 0. The first-order valence-corrected chi connectivity index (χ1v) is 3.12. The maximum Gasteiger partial charge on any atom is 0 e. The third kappa shape index (κ3) is 208. The van der Waals surface area contributed by atoms with Gasteiger partial charge in [0.2, 0.25) is 0 Å². The van der Waals surface area contributed by atoms with Crippen molar-refractivity contribution in [1.82, 2.24) is 0 Å². The topological polar surface area (TPSA) is 155 Å². The first-order valence-electron chi connectivity index (χ1n) is 0.600. The predicted octanol–water partition coefficient (Wildman–Crippen LogP) is -4.91. The quantitative estimate of drug-likeness (QED) is 0.384. The molecule has 6 nitrogen and oxygen atoms in total. The summed E-state index contributed by atoms with van der Waals surface area (Å²) in [5.74, 6) is 0. The Hall–Kier alpha value is 1.14. The zero-order chi connectivity index (χ0) is 3.58. The molecule has 0 amide bonds. The van der Waals surface area contributed by atoms with Gasteiger partial charge in [0.1, 0.15) is 0 Å². The molecular formula is H9AsO6Sb. The molecule has 0 rings (SSSR count). The summed E-state index contributed by atoms with van der Waals surface area (Å²) in [5, 5.41) is 0. The summed E-state index contributed by atoms with van der Waals surface area (Å²) in [6.07, 6.45) is 0. The molecule has 0 saturated heterocycles. The van der Waals surface area contributed by atoms with Crippen LogP contribution in [0.1, 0.15) is 0 Å². The Morgan fingerprint density at radius 3 is 0.750 bits per heavy atom. The average Bonchev–Trinajstić information content (AvgIpc) is 0.811. The first kappa shape index (κ1) is 35.3. The van der Waals surface area contributed by atoms with E-state index >= 15 is 0 Å². The molecule has 0 unspecified atom stereocenters. The van der Waals surface area contributed by atoms with E-state index in [1.165, 1.54) is 0 Å². The molecule has 0 aromatic carbocycles. The summed E-state index contributed by atoms with van der Waals surface area (Å²) in [4.78, 5) is 0. The van der Waals surface area contributed by atoms with Crippen molar-refractivity contribution in [2.75, 3.05) is 0 Å². The largest absolute Gasteiger partial charge is 0 e. The van der Waals surface area contributed by atoms with Gasteiger partial charge in [0.05, 0.1) is 0 Å². The molecule has 8 heteroatoms. The Bertz CT molecular complexity index is 13.2. The fraction of sp³-hybridized carbons (Fsp3) is 0. The minimum absolute atomic E-state index is 0. The average molecular weight is 302 g/mol. The van der Waals surface area contributed by atoms with Crippen molar-refractivity contribution < 1.29 is 28.7 Å². The molecule has 0 aromatic heterocycles. The number of hydrogen-bond acceptors (Lipinski definition) is 3. The summed E-state index contributed by atoms with van der Waals surface area (Å²) in [6.45, 7) is 0. The molecule has 0 atom stereocenters.